The first-order valence-electron chi connectivity index (χ1n) is 14.1. The predicted molar refractivity (Wildman–Crippen MR) is 177 cm³/mol. The monoisotopic (exact) mass is 683 g/mol. The summed E-state index contributed by atoms with van der Waals surface area (Å²) in [6, 6.07) is 21.9. The Morgan fingerprint density at radius 1 is 0.957 bits per heavy atom. The topological polar surface area (TPSA) is 117 Å². The fraction of sp³-hybridized carbons (Fsp3) is 0.147. The second-order valence-electron chi connectivity index (χ2n) is 9.98. The molecule has 0 aliphatic heterocycles. The minimum atomic E-state index is -4.61. The summed E-state index contributed by atoms with van der Waals surface area (Å²) in [5, 5.41) is 17.0. The number of halogens is 4. The minimum Gasteiger partial charge on any atom is -0.508 e. The minimum absolute atomic E-state index is 0.0379. The van der Waals surface area contributed by atoms with Crippen LogP contribution < -0.4 is 20.7 Å². The smallest absolute Gasteiger partial charge is 0.416 e. The zero-order valence-corrected chi connectivity index (χ0v) is 26.6. The highest BCUT2D eigenvalue weighted by Crippen LogP contribution is 2.35. The maximum atomic E-state index is 13.5. The predicted octanol–water partition coefficient (Wildman–Crippen LogP) is 7.99. The van der Waals surface area contributed by atoms with Crippen LogP contribution in [0.15, 0.2) is 102 Å². The number of hydrogen-bond donors (Lipinski definition) is 4. The van der Waals surface area contributed by atoms with Crippen LogP contribution in [0.1, 0.15) is 34.8 Å². The summed E-state index contributed by atoms with van der Waals surface area (Å²) >= 11 is 7.20. The molecule has 3 amide bonds. The molecular weight excluding hydrogens is 655 g/mol. The fourth-order valence-electron chi connectivity index (χ4n) is 4.26. The third-order valence-electron chi connectivity index (χ3n) is 6.63. The maximum absolute atomic E-state index is 13.5. The van der Waals surface area contributed by atoms with Crippen molar-refractivity contribution in [1.82, 2.24) is 5.32 Å². The number of alkyl halides is 3. The molecule has 0 fully saturated rings. The molecular formula is C34H29ClF3N3O5S. The average Bonchev–Trinajstić information content (AvgIpc) is 3.04. The number of carbonyl (C=O) groups is 3. The number of nitrogens with one attached hydrogen (secondary N) is 3. The SMILES string of the molecule is CCC(Sc1cccc(NC(=O)/C(=C\c2ccc(O)cc2OC)NC(=O)c2ccccc2)c1)C(=O)Nc1cc(C(F)(F)F)ccc1Cl. The molecule has 47 heavy (non-hydrogen) atoms. The van der Waals surface area contributed by atoms with Crippen LogP contribution in [-0.4, -0.2) is 35.2 Å². The summed E-state index contributed by atoms with van der Waals surface area (Å²) in [7, 11) is 1.40. The Hall–Kier alpha value is -4.94. The van der Waals surface area contributed by atoms with Crippen LogP contribution >= 0.6 is 23.4 Å². The van der Waals surface area contributed by atoms with E-state index in [1.807, 2.05) is 0 Å². The summed E-state index contributed by atoms with van der Waals surface area (Å²) in [5.41, 5.74) is -0.158. The molecule has 0 saturated carbocycles. The van der Waals surface area contributed by atoms with Crippen molar-refractivity contribution in [2.24, 2.45) is 0 Å². The van der Waals surface area contributed by atoms with Crippen LogP contribution in [-0.2, 0) is 15.8 Å². The van der Waals surface area contributed by atoms with E-state index in [-0.39, 0.29) is 27.9 Å². The Labute approximate surface area is 278 Å². The van der Waals surface area contributed by atoms with Crippen LogP contribution in [0.5, 0.6) is 11.5 Å². The van der Waals surface area contributed by atoms with E-state index in [9.17, 15) is 32.7 Å². The van der Waals surface area contributed by atoms with E-state index in [4.69, 9.17) is 16.3 Å². The standard InChI is InChI=1S/C34H29ClF3N3O5S/c1-3-30(33(45)40-27-17-22(34(36,37)38)13-15-26(27)35)47-25-11-7-10-23(18-25)39-32(44)28(41-31(43)20-8-5-4-6-9-20)16-21-12-14-24(42)19-29(21)46-2/h4-19,30,42H,3H2,1-2H3,(H,39,44)(H,40,45)(H,41,43)/b28-16+. The van der Waals surface area contributed by atoms with Crippen molar-refractivity contribution in [2.75, 3.05) is 17.7 Å². The maximum Gasteiger partial charge on any atom is 0.416 e. The Kier molecular flexibility index (Phi) is 11.6. The van der Waals surface area contributed by atoms with Crippen molar-refractivity contribution < 1.29 is 37.4 Å². The Morgan fingerprint density at radius 3 is 2.38 bits per heavy atom. The second kappa shape index (κ2) is 15.6. The Bertz CT molecular complexity index is 1800. The lowest BCUT2D eigenvalue weighted by Crippen LogP contribution is -2.30. The van der Waals surface area contributed by atoms with Crippen LogP contribution in [0.2, 0.25) is 5.02 Å². The van der Waals surface area contributed by atoms with Gasteiger partial charge in [-0.3, -0.25) is 14.4 Å². The van der Waals surface area contributed by atoms with Gasteiger partial charge in [0.05, 0.1) is 28.6 Å². The third-order valence-corrected chi connectivity index (χ3v) is 8.32. The van der Waals surface area contributed by atoms with Gasteiger partial charge in [0.1, 0.15) is 17.2 Å². The largest absolute Gasteiger partial charge is 0.508 e. The molecule has 4 N–H and O–H groups in total. The number of aromatic hydroxyl groups is 1. The van der Waals surface area contributed by atoms with Gasteiger partial charge in [-0.2, -0.15) is 13.2 Å². The highest BCUT2D eigenvalue weighted by atomic mass is 35.5. The van der Waals surface area contributed by atoms with E-state index in [0.29, 0.717) is 28.1 Å². The van der Waals surface area contributed by atoms with Crippen LogP contribution in [0.25, 0.3) is 6.08 Å². The zero-order chi connectivity index (χ0) is 34.1. The number of amides is 3. The van der Waals surface area contributed by atoms with Gasteiger partial charge in [-0.15, -0.1) is 11.8 Å². The summed E-state index contributed by atoms with van der Waals surface area (Å²) in [6.07, 6.45) is -2.87. The molecule has 0 aromatic heterocycles. The number of methoxy groups -OCH3 is 1. The molecule has 13 heteroatoms. The van der Waals surface area contributed by atoms with Crippen molar-refractivity contribution >= 4 is 58.5 Å². The van der Waals surface area contributed by atoms with Gasteiger partial charge < -0.3 is 25.8 Å². The van der Waals surface area contributed by atoms with E-state index in [1.165, 1.54) is 31.4 Å². The van der Waals surface area contributed by atoms with Crippen molar-refractivity contribution in [3.63, 3.8) is 0 Å². The van der Waals surface area contributed by atoms with Gasteiger partial charge in [0.15, 0.2) is 0 Å². The lowest BCUT2D eigenvalue weighted by molar-refractivity contribution is -0.137. The number of carbonyl (C=O) groups excluding carboxylic acids is 3. The van der Waals surface area contributed by atoms with Crippen molar-refractivity contribution in [3.8, 4) is 11.5 Å². The first-order chi connectivity index (χ1) is 22.4. The molecule has 0 heterocycles. The molecule has 244 valence electrons. The van der Waals surface area contributed by atoms with Gasteiger partial charge in [-0.05, 0) is 73.2 Å². The van der Waals surface area contributed by atoms with Crippen molar-refractivity contribution in [3.05, 3.63) is 118 Å². The molecule has 0 aliphatic carbocycles. The normalized spacial score (nSPS) is 12.2. The Balaban J connectivity index is 1.54. The van der Waals surface area contributed by atoms with E-state index in [2.05, 4.69) is 16.0 Å². The van der Waals surface area contributed by atoms with Crippen molar-refractivity contribution in [1.29, 1.82) is 0 Å². The summed E-state index contributed by atoms with van der Waals surface area (Å²) in [4.78, 5) is 40.2. The number of phenols is 1. The highest BCUT2D eigenvalue weighted by Gasteiger charge is 2.31. The van der Waals surface area contributed by atoms with Gasteiger partial charge in [0, 0.05) is 27.8 Å². The first kappa shape index (κ1) is 34.9. The van der Waals surface area contributed by atoms with E-state index in [0.717, 1.165) is 30.0 Å². The molecule has 0 radical (unpaired) electrons. The lowest BCUT2D eigenvalue weighted by Gasteiger charge is -2.17. The second-order valence-corrected chi connectivity index (χ2v) is 11.7. The summed E-state index contributed by atoms with van der Waals surface area (Å²) in [6.45, 7) is 1.75. The van der Waals surface area contributed by atoms with E-state index < -0.39 is 34.7 Å². The molecule has 8 nitrogen and oxygen atoms in total. The summed E-state index contributed by atoms with van der Waals surface area (Å²) in [5.74, 6) is -1.55. The number of ether oxygens (including phenoxy) is 1. The van der Waals surface area contributed by atoms with Gasteiger partial charge >= 0.3 is 6.18 Å². The number of benzene rings is 4. The number of thioether (sulfide) groups is 1. The molecule has 4 aromatic rings. The quantitative estimate of drug-likeness (QED) is 0.0941. The van der Waals surface area contributed by atoms with Gasteiger partial charge in [0.25, 0.3) is 11.8 Å². The molecule has 4 aromatic carbocycles. The van der Waals surface area contributed by atoms with E-state index >= 15 is 0 Å². The molecule has 0 bridgehead atoms. The van der Waals surface area contributed by atoms with Crippen LogP contribution in [0, 0.1) is 0 Å². The number of hydrogen-bond acceptors (Lipinski definition) is 6. The summed E-state index contributed by atoms with van der Waals surface area (Å²) < 4.78 is 44.9. The zero-order valence-electron chi connectivity index (χ0n) is 25.0. The highest BCUT2D eigenvalue weighted by molar-refractivity contribution is 8.00. The Morgan fingerprint density at radius 2 is 1.70 bits per heavy atom. The first-order valence-corrected chi connectivity index (χ1v) is 15.3. The van der Waals surface area contributed by atoms with Gasteiger partial charge in [0.2, 0.25) is 5.91 Å². The molecule has 0 saturated heterocycles. The molecule has 0 aliphatic rings. The molecule has 0 spiro atoms. The van der Waals surface area contributed by atoms with Gasteiger partial charge in [-0.25, -0.2) is 0 Å². The third kappa shape index (κ3) is 9.53. The van der Waals surface area contributed by atoms with Gasteiger partial charge in [-0.1, -0.05) is 42.8 Å². The molecule has 4 rings (SSSR count). The average molecular weight is 684 g/mol. The lowest BCUT2D eigenvalue weighted by atomic mass is 10.1. The van der Waals surface area contributed by atoms with E-state index in [1.54, 1.807) is 61.5 Å². The number of anilines is 2. The fourth-order valence-corrected chi connectivity index (χ4v) is 5.44. The van der Waals surface area contributed by atoms with Crippen LogP contribution in [0.4, 0.5) is 24.5 Å². The van der Waals surface area contributed by atoms with Crippen molar-refractivity contribution in [2.45, 2.75) is 29.7 Å². The molecule has 1 atom stereocenters. The number of phenolic OH excluding ortho intramolecular Hbond substituents is 1. The number of rotatable bonds is 11. The molecule has 1 unspecified atom stereocenters. The van der Waals surface area contributed by atoms with Crippen LogP contribution in [0.3, 0.4) is 0 Å².